The molecule has 0 amide bonds. The van der Waals surface area contributed by atoms with Crippen molar-refractivity contribution < 1.29 is 9.90 Å². The first-order valence-electron chi connectivity index (χ1n) is 5.56. The van der Waals surface area contributed by atoms with Crippen LogP contribution in [0.2, 0.25) is 0 Å². The zero-order chi connectivity index (χ0) is 12.7. The van der Waals surface area contributed by atoms with E-state index in [2.05, 4.69) is 4.98 Å². The Morgan fingerprint density at radius 2 is 2.29 bits per heavy atom. The Hall–Kier alpha value is -2.10. The number of carboxylic acid groups (broad SMARTS) is 1. The number of aliphatic carboxylic acids is 1. The smallest absolute Gasteiger partial charge is 0.328 e. The highest BCUT2D eigenvalue weighted by Crippen LogP contribution is 2.12. The predicted molar refractivity (Wildman–Crippen MR) is 67.5 cm³/mol. The number of allylic oxidation sites excluding steroid dienone is 4. The summed E-state index contributed by atoms with van der Waals surface area (Å²) in [5.74, 6) is -0.0301. The maximum atomic E-state index is 10.4. The molecule has 0 spiro atoms. The Kier molecular flexibility index (Phi) is 4.94. The van der Waals surface area contributed by atoms with Crippen molar-refractivity contribution in [2.24, 2.45) is 0 Å². The molecule has 4 nitrogen and oxygen atoms in total. The Balaban J connectivity index is 0.000000686. The van der Waals surface area contributed by atoms with Crippen LogP contribution in [-0.2, 0) is 11.2 Å². The summed E-state index contributed by atoms with van der Waals surface area (Å²) in [6.07, 6.45) is 12.6. The zero-order valence-corrected chi connectivity index (χ0v) is 10.00. The first kappa shape index (κ1) is 13.0. The van der Waals surface area contributed by atoms with E-state index < -0.39 is 5.97 Å². The van der Waals surface area contributed by atoms with E-state index in [9.17, 15) is 4.79 Å². The normalized spacial score (nSPS) is 13.4. The molecular formula is C13H16N2O2. The average Bonchev–Trinajstić information content (AvgIpc) is 2.67. The summed E-state index contributed by atoms with van der Waals surface area (Å²) in [6, 6.07) is 0. The SMILES string of the molecule is CC.O=C(O)/C=C\C1=CC=Cn2ccnc2C1. The summed E-state index contributed by atoms with van der Waals surface area (Å²) in [6.45, 7) is 4.00. The minimum Gasteiger partial charge on any atom is -0.478 e. The molecule has 17 heavy (non-hydrogen) atoms. The van der Waals surface area contributed by atoms with E-state index in [-0.39, 0.29) is 0 Å². The van der Waals surface area contributed by atoms with Gasteiger partial charge >= 0.3 is 5.97 Å². The second-order valence-corrected chi connectivity index (χ2v) is 3.18. The topological polar surface area (TPSA) is 55.1 Å². The maximum Gasteiger partial charge on any atom is 0.328 e. The van der Waals surface area contributed by atoms with Crippen molar-refractivity contribution >= 4 is 12.2 Å². The molecule has 4 heteroatoms. The van der Waals surface area contributed by atoms with Crippen LogP contribution >= 0.6 is 0 Å². The van der Waals surface area contributed by atoms with Gasteiger partial charge in [0.05, 0.1) is 0 Å². The molecule has 0 fully saturated rings. The third kappa shape index (κ3) is 3.75. The van der Waals surface area contributed by atoms with E-state index in [1.807, 2.05) is 43.0 Å². The van der Waals surface area contributed by atoms with Gasteiger partial charge in [0.25, 0.3) is 0 Å². The summed E-state index contributed by atoms with van der Waals surface area (Å²) in [5.41, 5.74) is 0.929. The van der Waals surface area contributed by atoms with Crippen LogP contribution in [0, 0.1) is 0 Å². The fourth-order valence-electron chi connectivity index (χ4n) is 1.41. The lowest BCUT2D eigenvalue weighted by atomic mass is 10.1. The quantitative estimate of drug-likeness (QED) is 0.797. The van der Waals surface area contributed by atoms with Crippen LogP contribution in [0.1, 0.15) is 19.7 Å². The maximum absolute atomic E-state index is 10.4. The van der Waals surface area contributed by atoms with E-state index >= 15 is 0 Å². The third-order valence-electron chi connectivity index (χ3n) is 2.11. The molecule has 1 aromatic rings. The average molecular weight is 232 g/mol. The molecule has 1 aliphatic rings. The van der Waals surface area contributed by atoms with Crippen LogP contribution in [-0.4, -0.2) is 20.6 Å². The standard InChI is InChI=1S/C11H10N2O2.C2H6/c14-11(15)4-3-9-2-1-6-13-7-5-12-10(13)8-9;1-2/h1-7H,8H2,(H,14,15);1-2H3/b4-3-;. The zero-order valence-electron chi connectivity index (χ0n) is 10.00. The molecule has 1 aliphatic heterocycles. The van der Waals surface area contributed by atoms with Gasteiger partial charge in [0.1, 0.15) is 5.82 Å². The van der Waals surface area contributed by atoms with Crippen molar-refractivity contribution in [3.8, 4) is 0 Å². The minimum absolute atomic E-state index is 0.643. The van der Waals surface area contributed by atoms with Crippen LogP contribution in [0.15, 0.2) is 42.3 Å². The summed E-state index contributed by atoms with van der Waals surface area (Å²) < 4.78 is 1.91. The van der Waals surface area contributed by atoms with Gasteiger partial charge in [0, 0.05) is 31.1 Å². The lowest BCUT2D eigenvalue weighted by Gasteiger charge is -1.99. The number of nitrogens with zero attached hydrogens (tertiary/aromatic N) is 2. The molecule has 0 aromatic carbocycles. The molecule has 0 aliphatic carbocycles. The van der Waals surface area contributed by atoms with Crippen LogP contribution in [0.4, 0.5) is 0 Å². The lowest BCUT2D eigenvalue weighted by molar-refractivity contribution is -0.131. The van der Waals surface area contributed by atoms with Gasteiger partial charge < -0.3 is 9.67 Å². The summed E-state index contributed by atoms with van der Waals surface area (Å²) in [5, 5.41) is 8.52. The highest BCUT2D eigenvalue weighted by molar-refractivity contribution is 5.80. The molecule has 0 radical (unpaired) electrons. The van der Waals surface area contributed by atoms with Gasteiger partial charge in [-0.3, -0.25) is 0 Å². The van der Waals surface area contributed by atoms with Crippen molar-refractivity contribution in [1.82, 2.24) is 9.55 Å². The Morgan fingerprint density at radius 3 is 3.00 bits per heavy atom. The number of hydrogen-bond acceptors (Lipinski definition) is 2. The molecule has 90 valence electrons. The molecule has 0 unspecified atom stereocenters. The Labute approximate surface area is 101 Å². The van der Waals surface area contributed by atoms with Crippen molar-refractivity contribution in [2.45, 2.75) is 20.3 Å². The predicted octanol–water partition coefficient (Wildman–Crippen LogP) is 2.50. The van der Waals surface area contributed by atoms with Crippen LogP contribution in [0.5, 0.6) is 0 Å². The van der Waals surface area contributed by atoms with Gasteiger partial charge in [-0.15, -0.1) is 0 Å². The number of hydrogen-bond donors (Lipinski definition) is 1. The highest BCUT2D eigenvalue weighted by atomic mass is 16.4. The van der Waals surface area contributed by atoms with E-state index in [4.69, 9.17) is 5.11 Å². The number of aromatic nitrogens is 2. The fraction of sp³-hybridized carbons (Fsp3) is 0.231. The van der Waals surface area contributed by atoms with Gasteiger partial charge in [-0.25, -0.2) is 9.78 Å². The third-order valence-corrected chi connectivity index (χ3v) is 2.11. The fourth-order valence-corrected chi connectivity index (χ4v) is 1.41. The van der Waals surface area contributed by atoms with Gasteiger partial charge in [0.15, 0.2) is 0 Å². The monoisotopic (exact) mass is 232 g/mol. The van der Waals surface area contributed by atoms with Crippen molar-refractivity contribution in [3.05, 3.63) is 48.1 Å². The summed E-state index contributed by atoms with van der Waals surface area (Å²) in [4.78, 5) is 14.6. The number of rotatable bonds is 2. The number of carbonyl (C=O) groups is 1. The first-order valence-corrected chi connectivity index (χ1v) is 5.56. The molecule has 0 saturated carbocycles. The molecular weight excluding hydrogens is 216 g/mol. The molecule has 1 N–H and O–H groups in total. The highest BCUT2D eigenvalue weighted by Gasteiger charge is 2.05. The minimum atomic E-state index is -0.938. The van der Waals surface area contributed by atoms with Crippen molar-refractivity contribution in [1.29, 1.82) is 0 Å². The molecule has 2 rings (SSSR count). The summed E-state index contributed by atoms with van der Waals surface area (Å²) in [7, 11) is 0. The van der Waals surface area contributed by atoms with Crippen molar-refractivity contribution in [3.63, 3.8) is 0 Å². The molecule has 0 atom stereocenters. The van der Waals surface area contributed by atoms with E-state index in [0.717, 1.165) is 17.5 Å². The van der Waals surface area contributed by atoms with E-state index in [0.29, 0.717) is 6.42 Å². The summed E-state index contributed by atoms with van der Waals surface area (Å²) >= 11 is 0. The van der Waals surface area contributed by atoms with Crippen LogP contribution in [0.25, 0.3) is 6.20 Å². The van der Waals surface area contributed by atoms with Gasteiger partial charge in [-0.05, 0) is 11.6 Å². The first-order chi connectivity index (χ1) is 8.25. The lowest BCUT2D eigenvalue weighted by Crippen LogP contribution is -1.96. The number of imidazole rings is 1. The Bertz CT molecular complexity index is 468. The van der Waals surface area contributed by atoms with Crippen LogP contribution < -0.4 is 0 Å². The van der Waals surface area contributed by atoms with Gasteiger partial charge in [-0.1, -0.05) is 26.0 Å². The number of fused-ring (bicyclic) bond motifs is 1. The molecule has 0 saturated heterocycles. The van der Waals surface area contributed by atoms with E-state index in [1.165, 1.54) is 0 Å². The van der Waals surface area contributed by atoms with Crippen molar-refractivity contribution in [2.75, 3.05) is 0 Å². The Morgan fingerprint density at radius 1 is 1.53 bits per heavy atom. The number of carboxylic acids is 1. The van der Waals surface area contributed by atoms with E-state index in [1.54, 1.807) is 12.3 Å². The molecule has 2 heterocycles. The second-order valence-electron chi connectivity index (χ2n) is 3.18. The second kappa shape index (κ2) is 6.48. The van der Waals surface area contributed by atoms with Crippen LogP contribution in [0.3, 0.4) is 0 Å². The molecule has 0 bridgehead atoms. The van der Waals surface area contributed by atoms with Gasteiger partial charge in [0.2, 0.25) is 0 Å². The molecule has 1 aromatic heterocycles. The largest absolute Gasteiger partial charge is 0.478 e. The van der Waals surface area contributed by atoms with Gasteiger partial charge in [-0.2, -0.15) is 0 Å².